The Morgan fingerprint density at radius 2 is 1.79 bits per heavy atom. The first-order valence-electron chi connectivity index (χ1n) is 14.2. The molecule has 2 aromatic heterocycles. The van der Waals surface area contributed by atoms with Gasteiger partial charge in [0.25, 0.3) is 5.91 Å². The van der Waals surface area contributed by atoms with Crippen LogP contribution in [0.25, 0.3) is 56.0 Å². The molecule has 4 aromatic carbocycles. The smallest absolute Gasteiger partial charge is 0.255 e. The number of nitrogens with one attached hydrogen (secondary N) is 1. The molecule has 0 aliphatic rings. The molecule has 0 spiro atoms. The second-order valence-corrected chi connectivity index (χ2v) is 12.4. The van der Waals surface area contributed by atoms with Crippen LogP contribution in [-0.4, -0.2) is 58.0 Å². The zero-order valence-electron chi connectivity index (χ0n) is 25.4. The number of benzene rings is 4. The number of para-hydroxylation sites is 1. The number of ether oxygens (including phenoxy) is 1. The Balaban J connectivity index is 1.66. The fourth-order valence-electron chi connectivity index (χ4n) is 5.48. The number of aromatic nitrogens is 1. The number of rotatable bonds is 9. The van der Waals surface area contributed by atoms with Crippen LogP contribution in [0.4, 0.5) is 10.1 Å². The summed E-state index contributed by atoms with van der Waals surface area (Å²) in [5.74, 6) is -0.239. The number of hydrogen-bond acceptors (Lipinski definition) is 9. The molecule has 2 N–H and O–H groups in total. The fourth-order valence-corrected chi connectivity index (χ4v) is 6.40. The minimum absolute atomic E-state index is 0.158. The summed E-state index contributed by atoms with van der Waals surface area (Å²) >= 11 is 0. The number of anilines is 1. The number of fused-ring (bicyclic) bond motifs is 2. The Hall–Kier alpha value is -5.71. The highest BCUT2D eigenvalue weighted by atomic mass is 32.2. The standard InChI is InChI=1S/C34H27FN4O7S/c1-37-33(41)30-24-16-23(20-9-12-27(44-2)25(15-20)34-38-31-21(18-36)5-4-6-28(31)46-34)26(39(13-14-40)47(3,42)43)17-29(24)45-32(30)19-7-10-22(35)11-8-19/h4-12,15-17,40H,13-14H2,1-3H3,(H,37,41). The number of nitrogens with zero attached hydrogens (tertiary/aromatic N) is 3. The molecular formula is C34H27FN4O7S. The average molecular weight is 655 g/mol. The number of methoxy groups -OCH3 is 1. The molecule has 0 aliphatic heterocycles. The topological polar surface area (TPSA) is 159 Å². The van der Waals surface area contributed by atoms with Gasteiger partial charge in [0.05, 0.1) is 48.9 Å². The van der Waals surface area contributed by atoms with Gasteiger partial charge in [-0.15, -0.1) is 0 Å². The summed E-state index contributed by atoms with van der Waals surface area (Å²) in [5, 5.41) is 22.4. The van der Waals surface area contributed by atoms with Crippen molar-refractivity contribution in [3.8, 4) is 45.7 Å². The summed E-state index contributed by atoms with van der Waals surface area (Å²) in [6.45, 7) is -0.749. The van der Waals surface area contributed by atoms with Gasteiger partial charge >= 0.3 is 0 Å². The first kappa shape index (κ1) is 31.3. The van der Waals surface area contributed by atoms with Crippen LogP contribution in [0.15, 0.2) is 81.6 Å². The van der Waals surface area contributed by atoms with E-state index >= 15 is 0 Å². The predicted molar refractivity (Wildman–Crippen MR) is 174 cm³/mol. The van der Waals surface area contributed by atoms with Gasteiger partial charge in [-0.3, -0.25) is 9.10 Å². The summed E-state index contributed by atoms with van der Waals surface area (Å²) in [7, 11) is -0.996. The third kappa shape index (κ3) is 5.65. The zero-order valence-corrected chi connectivity index (χ0v) is 26.2. The normalized spacial score (nSPS) is 11.5. The molecule has 238 valence electrons. The summed E-state index contributed by atoms with van der Waals surface area (Å²) < 4.78 is 58.8. The summed E-state index contributed by atoms with van der Waals surface area (Å²) in [6.07, 6.45) is 1.02. The number of amides is 1. The molecule has 0 fully saturated rings. The summed E-state index contributed by atoms with van der Waals surface area (Å²) in [6, 6.07) is 20.7. The molecule has 13 heteroatoms. The van der Waals surface area contributed by atoms with E-state index in [1.54, 1.807) is 42.5 Å². The Morgan fingerprint density at radius 1 is 1.04 bits per heavy atom. The van der Waals surface area contributed by atoms with Gasteiger partial charge in [-0.05, 0) is 60.2 Å². The highest BCUT2D eigenvalue weighted by molar-refractivity contribution is 7.92. The number of halogens is 1. The first-order valence-corrected chi connectivity index (χ1v) is 16.1. The Kier molecular flexibility index (Phi) is 8.14. The molecule has 0 unspecified atom stereocenters. The first-order chi connectivity index (χ1) is 22.6. The molecule has 6 rings (SSSR count). The highest BCUT2D eigenvalue weighted by Crippen LogP contribution is 2.44. The fraction of sp³-hybridized carbons (Fsp3) is 0.147. The van der Waals surface area contributed by atoms with Crippen molar-refractivity contribution in [1.29, 1.82) is 5.26 Å². The van der Waals surface area contributed by atoms with Crippen molar-refractivity contribution in [2.75, 3.05) is 37.9 Å². The number of furan rings is 1. The van der Waals surface area contributed by atoms with Crippen LogP contribution in [0.5, 0.6) is 5.75 Å². The third-order valence-electron chi connectivity index (χ3n) is 7.62. The van der Waals surface area contributed by atoms with E-state index < -0.39 is 28.4 Å². The van der Waals surface area contributed by atoms with E-state index in [-0.39, 0.29) is 35.0 Å². The van der Waals surface area contributed by atoms with Crippen LogP contribution in [0.3, 0.4) is 0 Å². The molecule has 0 bridgehead atoms. The lowest BCUT2D eigenvalue weighted by molar-refractivity contribution is 0.0964. The number of sulfonamides is 1. The highest BCUT2D eigenvalue weighted by Gasteiger charge is 2.28. The van der Waals surface area contributed by atoms with E-state index in [1.807, 2.05) is 0 Å². The predicted octanol–water partition coefficient (Wildman–Crippen LogP) is 5.71. The van der Waals surface area contributed by atoms with Crippen LogP contribution in [0.1, 0.15) is 15.9 Å². The number of carbonyl (C=O) groups excluding carboxylic acids is 1. The van der Waals surface area contributed by atoms with Crippen LogP contribution < -0.4 is 14.4 Å². The third-order valence-corrected chi connectivity index (χ3v) is 8.80. The van der Waals surface area contributed by atoms with Gasteiger partial charge in [0.15, 0.2) is 5.58 Å². The molecule has 2 heterocycles. The maximum absolute atomic E-state index is 13.8. The van der Waals surface area contributed by atoms with E-state index in [0.29, 0.717) is 50.1 Å². The van der Waals surface area contributed by atoms with Crippen LogP contribution in [-0.2, 0) is 10.0 Å². The van der Waals surface area contributed by atoms with Crippen molar-refractivity contribution in [3.63, 3.8) is 0 Å². The maximum Gasteiger partial charge on any atom is 0.255 e. The van der Waals surface area contributed by atoms with Crippen LogP contribution in [0.2, 0.25) is 0 Å². The van der Waals surface area contributed by atoms with Gasteiger partial charge in [-0.1, -0.05) is 12.1 Å². The van der Waals surface area contributed by atoms with Gasteiger partial charge in [0, 0.05) is 29.6 Å². The largest absolute Gasteiger partial charge is 0.496 e. The minimum atomic E-state index is -3.94. The van der Waals surface area contributed by atoms with E-state index in [4.69, 9.17) is 13.6 Å². The molecule has 47 heavy (non-hydrogen) atoms. The van der Waals surface area contributed by atoms with Crippen molar-refractivity contribution in [3.05, 3.63) is 89.7 Å². The Morgan fingerprint density at radius 3 is 2.45 bits per heavy atom. The molecule has 0 saturated carbocycles. The van der Waals surface area contributed by atoms with Gasteiger partial charge in [-0.25, -0.2) is 17.8 Å². The molecule has 1 amide bonds. The van der Waals surface area contributed by atoms with Gasteiger partial charge in [0.2, 0.25) is 15.9 Å². The molecule has 0 radical (unpaired) electrons. The molecular weight excluding hydrogens is 627 g/mol. The zero-order chi connectivity index (χ0) is 33.5. The monoisotopic (exact) mass is 654 g/mol. The molecule has 0 saturated heterocycles. The Labute approximate surface area is 268 Å². The minimum Gasteiger partial charge on any atom is -0.496 e. The van der Waals surface area contributed by atoms with E-state index in [1.165, 1.54) is 44.5 Å². The van der Waals surface area contributed by atoms with Gasteiger partial charge in [-0.2, -0.15) is 5.26 Å². The van der Waals surface area contributed by atoms with Crippen LogP contribution >= 0.6 is 0 Å². The number of oxazole rings is 1. The second kappa shape index (κ2) is 12.2. The summed E-state index contributed by atoms with van der Waals surface area (Å²) in [4.78, 5) is 17.9. The van der Waals surface area contributed by atoms with E-state index in [9.17, 15) is 28.0 Å². The van der Waals surface area contributed by atoms with Crippen molar-refractivity contribution in [2.45, 2.75) is 0 Å². The quantitative estimate of drug-likeness (QED) is 0.199. The SMILES string of the molecule is CNC(=O)c1c(-c2ccc(F)cc2)oc2cc(N(CCO)S(C)(=O)=O)c(-c3ccc(OC)c(-c4nc5c(C#N)cccc5o4)c3)cc12. The van der Waals surface area contributed by atoms with Crippen molar-refractivity contribution in [1.82, 2.24) is 10.3 Å². The van der Waals surface area contributed by atoms with E-state index in [2.05, 4.69) is 16.4 Å². The van der Waals surface area contributed by atoms with Gasteiger partial charge < -0.3 is 24.0 Å². The second-order valence-electron chi connectivity index (χ2n) is 10.5. The number of aliphatic hydroxyl groups excluding tert-OH is 1. The lowest BCUT2D eigenvalue weighted by atomic mass is 9.97. The summed E-state index contributed by atoms with van der Waals surface area (Å²) in [5.41, 5.74) is 3.29. The van der Waals surface area contributed by atoms with Gasteiger partial charge in [0.1, 0.15) is 34.5 Å². The number of hydrogen-bond donors (Lipinski definition) is 2. The van der Waals surface area contributed by atoms with Crippen LogP contribution in [0, 0.1) is 17.1 Å². The van der Waals surface area contributed by atoms with Crippen molar-refractivity contribution < 1.29 is 36.3 Å². The molecule has 6 aromatic rings. The number of aliphatic hydroxyl groups is 1. The van der Waals surface area contributed by atoms with Crippen molar-refractivity contribution in [2.24, 2.45) is 0 Å². The molecule has 0 atom stereocenters. The maximum atomic E-state index is 13.8. The Bertz CT molecular complexity index is 2320. The lowest BCUT2D eigenvalue weighted by Gasteiger charge is -2.24. The molecule has 0 aliphatic carbocycles. The number of nitriles is 1. The molecule has 11 nitrogen and oxygen atoms in total. The van der Waals surface area contributed by atoms with E-state index in [0.717, 1.165) is 10.6 Å². The lowest BCUT2D eigenvalue weighted by Crippen LogP contribution is -2.33. The average Bonchev–Trinajstić information content (AvgIpc) is 3.67. The van der Waals surface area contributed by atoms with Crippen molar-refractivity contribution >= 4 is 43.7 Å². The number of carbonyl (C=O) groups is 1.